The van der Waals surface area contributed by atoms with Crippen molar-refractivity contribution in [3.8, 4) is 0 Å². The average Bonchev–Trinajstić information content (AvgIpc) is 3.18. The maximum atomic E-state index is 12.7. The predicted molar refractivity (Wildman–Crippen MR) is 219 cm³/mol. The van der Waals surface area contributed by atoms with Crippen LogP contribution in [0.15, 0.2) is 48.6 Å². The zero-order chi connectivity index (χ0) is 40.2. The minimum atomic E-state index is -1.60. The third kappa shape index (κ3) is 27.8. The first kappa shape index (κ1) is 50.7. The second-order valence-corrected chi connectivity index (χ2v) is 14.8. The Labute approximate surface area is 333 Å². The van der Waals surface area contributed by atoms with Crippen LogP contribution in [0.2, 0.25) is 0 Å². The number of hydrogen-bond donors (Lipinski definition) is 4. The van der Waals surface area contributed by atoms with Crippen molar-refractivity contribution in [2.75, 3.05) is 19.8 Å². The molecule has 0 aromatic heterocycles. The molecule has 0 aromatic rings. The number of aliphatic hydroxyl groups excluding tert-OH is 4. The van der Waals surface area contributed by atoms with Crippen molar-refractivity contribution < 1.29 is 49.0 Å². The summed E-state index contributed by atoms with van der Waals surface area (Å²) in [6, 6.07) is 0. The van der Waals surface area contributed by atoms with Crippen LogP contribution >= 0.6 is 0 Å². The molecule has 318 valence electrons. The highest BCUT2D eigenvalue weighted by Gasteiger charge is 2.44. The molecule has 0 spiro atoms. The molecule has 55 heavy (non-hydrogen) atoms. The first-order chi connectivity index (χ1) is 26.8. The van der Waals surface area contributed by atoms with Gasteiger partial charge in [0.2, 0.25) is 0 Å². The Bertz CT molecular complexity index is 1040. The second kappa shape index (κ2) is 36.0. The lowest BCUT2D eigenvalue weighted by atomic mass is 9.99. The van der Waals surface area contributed by atoms with E-state index in [2.05, 4.69) is 62.5 Å². The van der Waals surface area contributed by atoms with Crippen molar-refractivity contribution in [1.82, 2.24) is 0 Å². The zero-order valence-corrected chi connectivity index (χ0v) is 34.4. The minimum Gasteiger partial charge on any atom is -0.462 e. The van der Waals surface area contributed by atoms with Gasteiger partial charge in [-0.15, -0.1) is 0 Å². The molecule has 6 atom stereocenters. The number of unbranched alkanes of at least 4 members (excludes halogenated alkanes) is 16. The number of hydrogen-bond acceptors (Lipinski definition) is 10. The van der Waals surface area contributed by atoms with E-state index in [-0.39, 0.29) is 26.1 Å². The van der Waals surface area contributed by atoms with E-state index >= 15 is 0 Å². The highest BCUT2D eigenvalue weighted by atomic mass is 16.7. The first-order valence-corrected chi connectivity index (χ1v) is 21.7. The first-order valence-electron chi connectivity index (χ1n) is 21.7. The Balaban J connectivity index is 2.38. The molecule has 1 fully saturated rings. The number of rotatable bonds is 35. The van der Waals surface area contributed by atoms with Gasteiger partial charge in [0.1, 0.15) is 31.0 Å². The molecule has 2 unspecified atom stereocenters. The molecule has 0 aliphatic carbocycles. The summed E-state index contributed by atoms with van der Waals surface area (Å²) in [7, 11) is 0. The van der Waals surface area contributed by atoms with Gasteiger partial charge in [-0.05, 0) is 77.0 Å². The standard InChI is InChI=1S/C45H78O10/c1-3-5-7-9-11-13-15-17-18-19-20-22-23-25-27-29-31-33-40(47)52-36-38(37-53-45-44(51)43(50)42(49)39(35-46)55-45)54-41(48)34-32-30-28-26-24-21-16-14-12-10-8-6-4-2/h11,13,17-18,20-22,24,38-39,42-46,49-51H,3-10,12,14-16,19,23,25-37H2,1-2H3/b13-11+,18-17+,22-20+,24-21+/t38-,39-,42+,43?,44?,45-/m0/s1. The molecule has 0 bridgehead atoms. The van der Waals surface area contributed by atoms with E-state index < -0.39 is 55.4 Å². The Morgan fingerprint density at radius 1 is 0.564 bits per heavy atom. The third-order valence-corrected chi connectivity index (χ3v) is 9.69. The topological polar surface area (TPSA) is 152 Å². The molecular weight excluding hydrogens is 700 g/mol. The van der Waals surface area contributed by atoms with Crippen molar-refractivity contribution in [1.29, 1.82) is 0 Å². The lowest BCUT2D eigenvalue weighted by molar-refractivity contribution is -0.305. The molecule has 0 amide bonds. The quantitative estimate of drug-likeness (QED) is 0.0279. The van der Waals surface area contributed by atoms with E-state index in [4.69, 9.17) is 18.9 Å². The van der Waals surface area contributed by atoms with Crippen molar-refractivity contribution in [2.45, 2.75) is 205 Å². The summed E-state index contributed by atoms with van der Waals surface area (Å²) < 4.78 is 22.1. The summed E-state index contributed by atoms with van der Waals surface area (Å²) in [5, 5.41) is 40.0. The summed E-state index contributed by atoms with van der Waals surface area (Å²) in [5.41, 5.74) is 0. The Morgan fingerprint density at radius 2 is 1.02 bits per heavy atom. The van der Waals surface area contributed by atoms with Crippen LogP contribution in [-0.2, 0) is 28.5 Å². The van der Waals surface area contributed by atoms with Gasteiger partial charge in [-0.25, -0.2) is 0 Å². The predicted octanol–water partition coefficient (Wildman–Crippen LogP) is 8.88. The molecule has 1 aliphatic heterocycles. The van der Waals surface area contributed by atoms with Crippen LogP contribution in [-0.4, -0.2) is 89.0 Å². The molecule has 10 nitrogen and oxygen atoms in total. The van der Waals surface area contributed by atoms with Crippen LogP contribution in [0, 0.1) is 0 Å². The van der Waals surface area contributed by atoms with Crippen molar-refractivity contribution >= 4 is 11.9 Å². The monoisotopic (exact) mass is 779 g/mol. The van der Waals surface area contributed by atoms with E-state index in [9.17, 15) is 30.0 Å². The van der Waals surface area contributed by atoms with Crippen LogP contribution in [0.5, 0.6) is 0 Å². The molecular formula is C45H78O10. The van der Waals surface area contributed by atoms with Crippen LogP contribution in [0.25, 0.3) is 0 Å². The maximum Gasteiger partial charge on any atom is 0.306 e. The summed E-state index contributed by atoms with van der Waals surface area (Å²) in [5.74, 6) is -0.853. The SMILES string of the molecule is CCCCC/C=C/C/C=C/C/C=C/CCCCCCC(=O)OC[C@@H](CO[C@H]1O[C@@H](CO)[C@@H](O)C(O)C1O)OC(=O)CCCCC/C=C/CCCCCCCC. The highest BCUT2D eigenvalue weighted by molar-refractivity contribution is 5.70. The van der Waals surface area contributed by atoms with E-state index in [0.717, 1.165) is 64.2 Å². The van der Waals surface area contributed by atoms with Gasteiger partial charge in [-0.2, -0.15) is 0 Å². The van der Waals surface area contributed by atoms with Gasteiger partial charge in [0.15, 0.2) is 12.4 Å². The van der Waals surface area contributed by atoms with Crippen molar-refractivity contribution in [3.63, 3.8) is 0 Å². The molecule has 10 heteroatoms. The van der Waals surface area contributed by atoms with Gasteiger partial charge in [0.05, 0.1) is 13.2 Å². The van der Waals surface area contributed by atoms with Gasteiger partial charge in [0, 0.05) is 12.8 Å². The van der Waals surface area contributed by atoms with Gasteiger partial charge < -0.3 is 39.4 Å². The van der Waals surface area contributed by atoms with Gasteiger partial charge in [-0.1, -0.05) is 127 Å². The fraction of sp³-hybridized carbons (Fsp3) is 0.778. The smallest absolute Gasteiger partial charge is 0.306 e. The Kier molecular flexibility index (Phi) is 33.2. The van der Waals surface area contributed by atoms with Gasteiger partial charge in [0.25, 0.3) is 0 Å². The number of carbonyl (C=O) groups excluding carboxylic acids is 2. The number of allylic oxidation sites excluding steroid dienone is 8. The summed E-state index contributed by atoms with van der Waals surface area (Å²) >= 11 is 0. The number of aliphatic hydroxyl groups is 4. The summed E-state index contributed by atoms with van der Waals surface area (Å²) in [4.78, 5) is 25.3. The van der Waals surface area contributed by atoms with Gasteiger partial charge >= 0.3 is 11.9 Å². The Hall–Kier alpha value is -2.34. The molecule has 0 aromatic carbocycles. The molecule has 0 radical (unpaired) electrons. The lowest BCUT2D eigenvalue weighted by Crippen LogP contribution is -2.59. The average molecular weight is 779 g/mol. The van der Waals surface area contributed by atoms with Crippen LogP contribution < -0.4 is 0 Å². The fourth-order valence-electron chi connectivity index (χ4n) is 6.19. The van der Waals surface area contributed by atoms with Crippen LogP contribution in [0.4, 0.5) is 0 Å². The zero-order valence-electron chi connectivity index (χ0n) is 34.4. The fourth-order valence-corrected chi connectivity index (χ4v) is 6.19. The number of carbonyl (C=O) groups is 2. The van der Waals surface area contributed by atoms with Crippen molar-refractivity contribution in [3.05, 3.63) is 48.6 Å². The largest absolute Gasteiger partial charge is 0.462 e. The highest BCUT2D eigenvalue weighted by Crippen LogP contribution is 2.22. The molecule has 1 heterocycles. The van der Waals surface area contributed by atoms with Crippen molar-refractivity contribution in [2.24, 2.45) is 0 Å². The third-order valence-electron chi connectivity index (χ3n) is 9.69. The normalized spacial score (nSPS) is 21.0. The Morgan fingerprint density at radius 3 is 1.60 bits per heavy atom. The lowest BCUT2D eigenvalue weighted by Gasteiger charge is -2.39. The second-order valence-electron chi connectivity index (χ2n) is 14.8. The molecule has 1 rings (SSSR count). The minimum absolute atomic E-state index is 0.203. The van der Waals surface area contributed by atoms with Gasteiger partial charge in [-0.3, -0.25) is 9.59 Å². The molecule has 1 aliphatic rings. The maximum absolute atomic E-state index is 12.7. The van der Waals surface area contributed by atoms with E-state index in [1.807, 2.05) is 0 Å². The molecule has 1 saturated heterocycles. The molecule has 0 saturated carbocycles. The molecule has 4 N–H and O–H groups in total. The van der Waals surface area contributed by atoms with Crippen LogP contribution in [0.3, 0.4) is 0 Å². The number of esters is 2. The number of ether oxygens (including phenoxy) is 4. The van der Waals surface area contributed by atoms with E-state index in [1.54, 1.807) is 0 Å². The summed E-state index contributed by atoms with van der Waals surface area (Å²) in [6.07, 6.45) is 34.0. The van der Waals surface area contributed by atoms with E-state index in [0.29, 0.717) is 12.8 Å². The van der Waals surface area contributed by atoms with Crippen LogP contribution in [0.1, 0.15) is 168 Å². The summed E-state index contributed by atoms with van der Waals surface area (Å²) in [6.45, 7) is 3.33. The van der Waals surface area contributed by atoms with E-state index in [1.165, 1.54) is 64.2 Å².